The van der Waals surface area contributed by atoms with Crippen molar-refractivity contribution in [3.05, 3.63) is 17.7 Å². The van der Waals surface area contributed by atoms with Gasteiger partial charge in [0.2, 0.25) is 6.29 Å². The number of hydrogen-bond acceptors (Lipinski definition) is 4. The van der Waals surface area contributed by atoms with Crippen LogP contribution in [0.5, 0.6) is 17.2 Å². The molecule has 1 fully saturated rings. The van der Waals surface area contributed by atoms with Crippen molar-refractivity contribution in [2.75, 3.05) is 13.7 Å². The maximum Gasteiger partial charge on any atom is 0.207 e. The molecular formula is C11H12O4. The van der Waals surface area contributed by atoms with E-state index < -0.39 is 0 Å². The zero-order valence-electron chi connectivity index (χ0n) is 8.40. The number of rotatable bonds is 1. The zero-order valence-corrected chi connectivity index (χ0v) is 8.40. The van der Waals surface area contributed by atoms with Gasteiger partial charge in [-0.1, -0.05) is 0 Å². The summed E-state index contributed by atoms with van der Waals surface area (Å²) < 4.78 is 16.1. The minimum Gasteiger partial charge on any atom is -0.507 e. The van der Waals surface area contributed by atoms with Gasteiger partial charge < -0.3 is 19.3 Å². The lowest BCUT2D eigenvalue weighted by Gasteiger charge is -2.07. The van der Waals surface area contributed by atoms with Gasteiger partial charge in [0, 0.05) is 17.7 Å². The van der Waals surface area contributed by atoms with E-state index >= 15 is 0 Å². The van der Waals surface area contributed by atoms with Crippen LogP contribution in [-0.4, -0.2) is 25.1 Å². The Morgan fingerprint density at radius 3 is 3.13 bits per heavy atom. The first-order valence-electron chi connectivity index (χ1n) is 4.99. The SMILES string of the molecule is COc1cc(O)c2c(c1)O[C@@H]1OCC[C@H]21. The van der Waals surface area contributed by atoms with Crippen LogP contribution in [0.3, 0.4) is 0 Å². The molecule has 3 rings (SSSR count). The Morgan fingerprint density at radius 2 is 2.33 bits per heavy atom. The average Bonchev–Trinajstić information content (AvgIpc) is 2.75. The van der Waals surface area contributed by atoms with Gasteiger partial charge in [-0.2, -0.15) is 0 Å². The molecule has 1 saturated heterocycles. The molecular weight excluding hydrogens is 196 g/mol. The molecule has 0 unspecified atom stereocenters. The predicted molar refractivity (Wildman–Crippen MR) is 52.4 cm³/mol. The van der Waals surface area contributed by atoms with E-state index in [1.165, 1.54) is 0 Å². The van der Waals surface area contributed by atoms with Crippen LogP contribution in [0.2, 0.25) is 0 Å². The standard InChI is InChI=1S/C11H12O4/c1-13-6-4-8(12)10-7-2-3-14-11(7)15-9(10)5-6/h4-5,7,11-12H,2-3H2,1H3/t7-,11+/m1/s1. The van der Waals surface area contributed by atoms with Crippen LogP contribution in [0.1, 0.15) is 17.9 Å². The van der Waals surface area contributed by atoms with Gasteiger partial charge >= 0.3 is 0 Å². The monoisotopic (exact) mass is 208 g/mol. The average molecular weight is 208 g/mol. The second-order valence-electron chi connectivity index (χ2n) is 3.81. The zero-order chi connectivity index (χ0) is 10.4. The molecule has 2 heterocycles. The molecule has 2 aliphatic rings. The number of phenolic OH excluding ortho intramolecular Hbond substituents is 1. The van der Waals surface area contributed by atoms with E-state index in [0.29, 0.717) is 18.1 Å². The van der Waals surface area contributed by atoms with Gasteiger partial charge in [0.1, 0.15) is 17.2 Å². The van der Waals surface area contributed by atoms with Crippen LogP contribution in [-0.2, 0) is 4.74 Å². The maximum absolute atomic E-state index is 9.87. The van der Waals surface area contributed by atoms with E-state index in [9.17, 15) is 5.11 Å². The number of fused-ring (bicyclic) bond motifs is 3. The molecule has 80 valence electrons. The number of phenols is 1. The Hall–Kier alpha value is -1.42. The Labute approximate surface area is 87.4 Å². The van der Waals surface area contributed by atoms with Gasteiger partial charge in [-0.05, 0) is 6.42 Å². The summed E-state index contributed by atoms with van der Waals surface area (Å²) in [5.41, 5.74) is 0.860. The molecule has 1 aromatic carbocycles. The Kier molecular flexibility index (Phi) is 1.79. The highest BCUT2D eigenvalue weighted by atomic mass is 16.7. The second-order valence-corrected chi connectivity index (χ2v) is 3.81. The van der Waals surface area contributed by atoms with Crippen molar-refractivity contribution in [3.63, 3.8) is 0 Å². The van der Waals surface area contributed by atoms with Crippen molar-refractivity contribution < 1.29 is 19.3 Å². The van der Waals surface area contributed by atoms with Crippen LogP contribution >= 0.6 is 0 Å². The van der Waals surface area contributed by atoms with Gasteiger partial charge in [0.15, 0.2) is 0 Å². The van der Waals surface area contributed by atoms with Gasteiger partial charge in [-0.25, -0.2) is 0 Å². The first-order chi connectivity index (χ1) is 7.29. The van der Waals surface area contributed by atoms with Crippen LogP contribution in [0.4, 0.5) is 0 Å². The fourth-order valence-electron chi connectivity index (χ4n) is 2.26. The number of methoxy groups -OCH3 is 1. The fourth-order valence-corrected chi connectivity index (χ4v) is 2.26. The molecule has 1 N–H and O–H groups in total. The van der Waals surface area contributed by atoms with Crippen LogP contribution in [0.25, 0.3) is 0 Å². The van der Waals surface area contributed by atoms with Gasteiger partial charge in [-0.3, -0.25) is 0 Å². The lowest BCUT2D eigenvalue weighted by atomic mass is 9.97. The summed E-state index contributed by atoms with van der Waals surface area (Å²) in [5.74, 6) is 1.70. The number of ether oxygens (including phenoxy) is 3. The molecule has 0 amide bonds. The van der Waals surface area contributed by atoms with Crippen molar-refractivity contribution in [2.45, 2.75) is 18.6 Å². The smallest absolute Gasteiger partial charge is 0.207 e. The summed E-state index contributed by atoms with van der Waals surface area (Å²) in [6.45, 7) is 0.695. The van der Waals surface area contributed by atoms with Crippen molar-refractivity contribution in [1.29, 1.82) is 0 Å². The lowest BCUT2D eigenvalue weighted by Crippen LogP contribution is -2.13. The van der Waals surface area contributed by atoms with E-state index in [4.69, 9.17) is 14.2 Å². The summed E-state index contributed by atoms with van der Waals surface area (Å²) in [4.78, 5) is 0. The van der Waals surface area contributed by atoms with Crippen LogP contribution < -0.4 is 9.47 Å². The van der Waals surface area contributed by atoms with E-state index in [1.807, 2.05) is 0 Å². The van der Waals surface area contributed by atoms with Crippen molar-refractivity contribution in [2.24, 2.45) is 0 Å². The Bertz CT molecular complexity index is 402. The molecule has 4 nitrogen and oxygen atoms in total. The van der Waals surface area contributed by atoms with Gasteiger partial charge in [0.05, 0.1) is 19.6 Å². The van der Waals surface area contributed by atoms with E-state index in [0.717, 1.165) is 12.0 Å². The first-order valence-corrected chi connectivity index (χ1v) is 4.99. The van der Waals surface area contributed by atoms with E-state index in [-0.39, 0.29) is 18.0 Å². The quantitative estimate of drug-likeness (QED) is 0.761. The summed E-state index contributed by atoms with van der Waals surface area (Å²) >= 11 is 0. The third-order valence-corrected chi connectivity index (χ3v) is 2.98. The molecule has 0 saturated carbocycles. The third-order valence-electron chi connectivity index (χ3n) is 2.98. The maximum atomic E-state index is 9.87. The van der Waals surface area contributed by atoms with E-state index in [1.54, 1.807) is 19.2 Å². The minimum absolute atomic E-state index is 0.172. The molecule has 2 atom stereocenters. The summed E-state index contributed by atoms with van der Waals surface area (Å²) in [7, 11) is 1.56. The molecule has 0 aromatic heterocycles. The number of aromatic hydroxyl groups is 1. The van der Waals surface area contributed by atoms with Gasteiger partial charge in [-0.15, -0.1) is 0 Å². The number of benzene rings is 1. The third kappa shape index (κ3) is 1.18. The van der Waals surface area contributed by atoms with Crippen molar-refractivity contribution in [3.8, 4) is 17.2 Å². The Morgan fingerprint density at radius 1 is 1.47 bits per heavy atom. The first kappa shape index (κ1) is 8.85. The summed E-state index contributed by atoms with van der Waals surface area (Å²) in [6, 6.07) is 3.40. The molecule has 15 heavy (non-hydrogen) atoms. The minimum atomic E-state index is -0.224. The highest BCUT2D eigenvalue weighted by molar-refractivity contribution is 5.54. The number of hydrogen-bond donors (Lipinski definition) is 1. The van der Waals surface area contributed by atoms with Crippen LogP contribution in [0.15, 0.2) is 12.1 Å². The fraction of sp³-hybridized carbons (Fsp3) is 0.455. The largest absolute Gasteiger partial charge is 0.507 e. The predicted octanol–water partition coefficient (Wildman–Crippen LogP) is 1.62. The molecule has 1 aromatic rings. The lowest BCUT2D eigenvalue weighted by molar-refractivity contribution is -0.0338. The molecule has 2 aliphatic heterocycles. The highest BCUT2D eigenvalue weighted by Crippen LogP contribution is 2.49. The second kappa shape index (κ2) is 3.03. The van der Waals surface area contributed by atoms with Gasteiger partial charge in [0.25, 0.3) is 0 Å². The molecule has 0 bridgehead atoms. The molecule has 0 radical (unpaired) electrons. The van der Waals surface area contributed by atoms with Crippen molar-refractivity contribution in [1.82, 2.24) is 0 Å². The molecule has 4 heteroatoms. The summed E-state index contributed by atoms with van der Waals surface area (Å²) in [6.07, 6.45) is 0.676. The van der Waals surface area contributed by atoms with Crippen LogP contribution in [0, 0.1) is 0 Å². The van der Waals surface area contributed by atoms with E-state index in [2.05, 4.69) is 0 Å². The van der Waals surface area contributed by atoms with Crippen molar-refractivity contribution >= 4 is 0 Å². The topological polar surface area (TPSA) is 47.9 Å². The highest BCUT2D eigenvalue weighted by Gasteiger charge is 2.41. The Balaban J connectivity index is 2.09. The normalized spacial score (nSPS) is 27.0. The summed E-state index contributed by atoms with van der Waals surface area (Å²) in [5, 5.41) is 9.87. The molecule has 0 aliphatic carbocycles. The molecule has 0 spiro atoms.